The summed E-state index contributed by atoms with van der Waals surface area (Å²) >= 11 is 0. The Morgan fingerprint density at radius 3 is 2.71 bits per heavy atom. The first-order valence-electron chi connectivity index (χ1n) is 3.95. The Morgan fingerprint density at radius 2 is 2.21 bits per heavy atom. The molecule has 74 valence electrons. The lowest BCUT2D eigenvalue weighted by atomic mass is 10.2. The molecule has 0 aromatic carbocycles. The molecule has 0 unspecified atom stereocenters. The summed E-state index contributed by atoms with van der Waals surface area (Å²) in [5.74, 6) is 0.00837. The van der Waals surface area contributed by atoms with Gasteiger partial charge in [-0.3, -0.25) is 0 Å². The lowest BCUT2D eigenvalue weighted by molar-refractivity contribution is 0.0276. The highest BCUT2D eigenvalue weighted by atomic mass is 16.3. The van der Waals surface area contributed by atoms with Crippen LogP contribution in [0.25, 0.3) is 0 Å². The number of nitrogen functional groups attached to an aromatic ring is 1. The summed E-state index contributed by atoms with van der Waals surface area (Å²) in [6.45, 7) is 1.41. The van der Waals surface area contributed by atoms with Crippen molar-refractivity contribution in [3.05, 3.63) is 17.6 Å². The van der Waals surface area contributed by atoms with Crippen molar-refractivity contribution in [3.8, 4) is 6.07 Å². The first-order chi connectivity index (χ1) is 6.56. The summed E-state index contributed by atoms with van der Waals surface area (Å²) in [5.41, 5.74) is 5.41. The van der Waals surface area contributed by atoms with Crippen molar-refractivity contribution in [2.75, 3.05) is 5.73 Å². The number of hydrogen-bond donors (Lipinski definition) is 3. The number of nitrogens with zero attached hydrogens (tertiary/aromatic N) is 3. The minimum Gasteiger partial charge on any atom is -0.390 e. The molecule has 6 heteroatoms. The van der Waals surface area contributed by atoms with Crippen molar-refractivity contribution in [2.24, 2.45) is 0 Å². The maximum atomic E-state index is 9.41. The zero-order chi connectivity index (χ0) is 10.7. The zero-order valence-electron chi connectivity index (χ0n) is 7.55. The van der Waals surface area contributed by atoms with Crippen LogP contribution in [0, 0.1) is 11.3 Å². The molecular formula is C8H10N4O2. The Hall–Kier alpha value is -1.71. The summed E-state index contributed by atoms with van der Waals surface area (Å²) < 4.78 is 0. The average Bonchev–Trinajstić information content (AvgIpc) is 2.17. The van der Waals surface area contributed by atoms with E-state index >= 15 is 0 Å². The zero-order valence-corrected chi connectivity index (χ0v) is 7.55. The Morgan fingerprint density at radius 1 is 1.57 bits per heavy atom. The predicted molar refractivity (Wildman–Crippen MR) is 47.8 cm³/mol. The van der Waals surface area contributed by atoms with E-state index in [1.54, 1.807) is 6.07 Å². The molecule has 0 aliphatic carbocycles. The maximum Gasteiger partial charge on any atom is 0.183 e. The van der Waals surface area contributed by atoms with E-state index in [0.29, 0.717) is 0 Å². The fraction of sp³-hybridized carbons (Fsp3) is 0.375. The van der Waals surface area contributed by atoms with Crippen LogP contribution in [-0.2, 0) is 0 Å². The summed E-state index contributed by atoms with van der Waals surface area (Å²) in [6, 6.07) is 1.74. The third kappa shape index (κ3) is 1.96. The number of nitriles is 1. The molecular weight excluding hydrogens is 184 g/mol. The smallest absolute Gasteiger partial charge is 0.183 e. The van der Waals surface area contributed by atoms with E-state index in [1.165, 1.54) is 13.1 Å². The molecule has 14 heavy (non-hydrogen) atoms. The van der Waals surface area contributed by atoms with Gasteiger partial charge >= 0.3 is 0 Å². The van der Waals surface area contributed by atoms with Crippen LogP contribution >= 0.6 is 0 Å². The number of nitrogens with two attached hydrogens (primary N) is 1. The normalized spacial score (nSPS) is 14.4. The molecule has 0 bridgehead atoms. The molecule has 0 amide bonds. The second-order valence-electron chi connectivity index (χ2n) is 2.83. The van der Waals surface area contributed by atoms with Crippen LogP contribution in [0.1, 0.15) is 24.4 Å². The number of anilines is 1. The molecule has 1 aromatic heterocycles. The lowest BCUT2D eigenvalue weighted by Crippen LogP contribution is -2.16. The Balaban J connectivity index is 3.08. The van der Waals surface area contributed by atoms with Crippen molar-refractivity contribution in [1.29, 1.82) is 5.26 Å². The maximum absolute atomic E-state index is 9.41. The molecule has 4 N–H and O–H groups in total. The minimum absolute atomic E-state index is 0.00837. The van der Waals surface area contributed by atoms with Gasteiger partial charge in [-0.25, -0.2) is 9.97 Å². The van der Waals surface area contributed by atoms with Gasteiger partial charge in [0.25, 0.3) is 0 Å². The van der Waals surface area contributed by atoms with Crippen LogP contribution in [0.2, 0.25) is 0 Å². The van der Waals surface area contributed by atoms with Crippen LogP contribution in [0.15, 0.2) is 6.20 Å². The molecule has 0 saturated carbocycles. The fourth-order valence-corrected chi connectivity index (χ4v) is 0.884. The predicted octanol–water partition coefficient (Wildman–Crippen LogP) is -0.655. The van der Waals surface area contributed by atoms with Crippen molar-refractivity contribution in [2.45, 2.75) is 19.1 Å². The Bertz CT molecular complexity index is 372. The van der Waals surface area contributed by atoms with Crippen molar-refractivity contribution in [1.82, 2.24) is 9.97 Å². The number of hydrogen-bond acceptors (Lipinski definition) is 6. The number of aliphatic hydroxyl groups is 2. The highest BCUT2D eigenvalue weighted by Gasteiger charge is 2.16. The summed E-state index contributed by atoms with van der Waals surface area (Å²) in [5, 5.41) is 27.1. The second kappa shape index (κ2) is 4.00. The summed E-state index contributed by atoms with van der Waals surface area (Å²) in [4.78, 5) is 7.43. The Labute approximate surface area is 80.7 Å². The van der Waals surface area contributed by atoms with Gasteiger partial charge in [-0.2, -0.15) is 5.26 Å². The van der Waals surface area contributed by atoms with E-state index in [-0.39, 0.29) is 17.2 Å². The van der Waals surface area contributed by atoms with Gasteiger partial charge in [0.15, 0.2) is 11.5 Å². The van der Waals surface area contributed by atoms with Gasteiger partial charge in [-0.15, -0.1) is 0 Å². The van der Waals surface area contributed by atoms with Crippen LogP contribution in [0.3, 0.4) is 0 Å². The van der Waals surface area contributed by atoms with E-state index in [1.807, 2.05) is 0 Å². The fourth-order valence-electron chi connectivity index (χ4n) is 0.884. The van der Waals surface area contributed by atoms with Crippen molar-refractivity contribution < 1.29 is 10.2 Å². The van der Waals surface area contributed by atoms with Gasteiger partial charge < -0.3 is 15.9 Å². The molecule has 1 rings (SSSR count). The molecule has 0 saturated heterocycles. The first kappa shape index (κ1) is 10.4. The van der Waals surface area contributed by atoms with Crippen LogP contribution in [0.4, 0.5) is 5.82 Å². The van der Waals surface area contributed by atoms with Crippen LogP contribution in [-0.4, -0.2) is 26.3 Å². The minimum atomic E-state index is -1.16. The van der Waals surface area contributed by atoms with Gasteiger partial charge in [0.2, 0.25) is 0 Å². The molecule has 0 spiro atoms. The van der Waals surface area contributed by atoms with Crippen LogP contribution < -0.4 is 5.73 Å². The number of rotatable bonds is 2. The number of aromatic nitrogens is 2. The van der Waals surface area contributed by atoms with Gasteiger partial charge in [-0.05, 0) is 6.92 Å². The molecule has 0 aliphatic heterocycles. The third-order valence-electron chi connectivity index (χ3n) is 1.69. The van der Waals surface area contributed by atoms with Gasteiger partial charge in [0, 0.05) is 0 Å². The largest absolute Gasteiger partial charge is 0.390 e. The molecule has 0 radical (unpaired) electrons. The first-order valence-corrected chi connectivity index (χ1v) is 3.95. The van der Waals surface area contributed by atoms with Crippen molar-refractivity contribution in [3.63, 3.8) is 0 Å². The standard InChI is InChI=1S/C8H10N4O2/c1-4(13)7(14)6-3-11-8(10)5(2-9)12-6/h3-4,7,13-14H,1H3,(H2,10,11)/t4-,7+/m1/s1. The second-order valence-corrected chi connectivity index (χ2v) is 2.83. The molecule has 0 aliphatic rings. The average molecular weight is 194 g/mol. The van der Waals surface area contributed by atoms with Crippen molar-refractivity contribution >= 4 is 5.82 Å². The molecule has 0 fully saturated rings. The van der Waals surface area contributed by atoms with Gasteiger partial charge in [0.1, 0.15) is 12.2 Å². The van der Waals surface area contributed by atoms with E-state index in [2.05, 4.69) is 9.97 Å². The topological polar surface area (TPSA) is 116 Å². The quantitative estimate of drug-likeness (QED) is 0.575. The van der Waals surface area contributed by atoms with E-state index in [0.717, 1.165) is 0 Å². The molecule has 6 nitrogen and oxygen atoms in total. The summed E-state index contributed by atoms with van der Waals surface area (Å²) in [6.07, 6.45) is -0.900. The molecule has 2 atom stereocenters. The summed E-state index contributed by atoms with van der Waals surface area (Å²) in [7, 11) is 0. The van der Waals surface area contributed by atoms with E-state index in [4.69, 9.17) is 16.1 Å². The van der Waals surface area contributed by atoms with Gasteiger partial charge in [-0.1, -0.05) is 0 Å². The van der Waals surface area contributed by atoms with E-state index in [9.17, 15) is 5.11 Å². The Kier molecular flexibility index (Phi) is 2.96. The monoisotopic (exact) mass is 194 g/mol. The lowest BCUT2D eigenvalue weighted by Gasteiger charge is -2.12. The van der Waals surface area contributed by atoms with Crippen LogP contribution in [0.5, 0.6) is 0 Å². The van der Waals surface area contributed by atoms with Gasteiger partial charge in [0.05, 0.1) is 18.0 Å². The highest BCUT2D eigenvalue weighted by Crippen LogP contribution is 2.15. The highest BCUT2D eigenvalue weighted by molar-refractivity contribution is 5.43. The molecule has 1 heterocycles. The molecule has 1 aromatic rings. The third-order valence-corrected chi connectivity index (χ3v) is 1.69. The van der Waals surface area contributed by atoms with E-state index < -0.39 is 12.2 Å². The SMILES string of the molecule is C[C@@H](O)[C@H](O)c1cnc(N)c(C#N)n1. The number of aliphatic hydroxyl groups excluding tert-OH is 2.